The number of carbonyl (C=O) groups excluding carboxylic acids is 1. The van der Waals surface area contributed by atoms with E-state index >= 15 is 0 Å². The first-order chi connectivity index (χ1) is 35.5. The summed E-state index contributed by atoms with van der Waals surface area (Å²) in [5, 5.41) is 13.9. The molecular weight excluding hydrogens is 924 g/mol. The van der Waals surface area contributed by atoms with Crippen molar-refractivity contribution in [1.29, 1.82) is 0 Å². The van der Waals surface area contributed by atoms with Gasteiger partial charge in [-0.15, -0.1) is 0 Å². The molecule has 424 valence electrons. The lowest BCUT2D eigenvalue weighted by Gasteiger charge is -2.25. The summed E-state index contributed by atoms with van der Waals surface area (Å²) in [7, 11) is 1.54. The van der Waals surface area contributed by atoms with Gasteiger partial charge in [0.2, 0.25) is 5.91 Å². The molecular formula is C64H118N2O6P+. The molecule has 0 radical (unpaired) electrons. The predicted octanol–water partition coefficient (Wildman–Crippen LogP) is 18.8. The highest BCUT2D eigenvalue weighted by atomic mass is 31.2. The van der Waals surface area contributed by atoms with Crippen LogP contribution in [0.25, 0.3) is 0 Å². The lowest BCUT2D eigenvalue weighted by atomic mass is 10.0. The minimum absolute atomic E-state index is 0.0507. The van der Waals surface area contributed by atoms with Gasteiger partial charge < -0.3 is 19.8 Å². The molecule has 0 aliphatic heterocycles. The average Bonchev–Trinajstić information content (AvgIpc) is 3.35. The number of hydrogen-bond donors (Lipinski definition) is 3. The van der Waals surface area contributed by atoms with E-state index in [-0.39, 0.29) is 19.1 Å². The molecule has 0 fully saturated rings. The fourth-order valence-electron chi connectivity index (χ4n) is 8.60. The maximum Gasteiger partial charge on any atom is 0.472 e. The number of amides is 1. The number of rotatable bonds is 55. The molecule has 0 aliphatic carbocycles. The molecule has 3 N–H and O–H groups in total. The van der Waals surface area contributed by atoms with Crippen LogP contribution in [0, 0.1) is 0 Å². The Morgan fingerprint density at radius 2 is 0.836 bits per heavy atom. The van der Waals surface area contributed by atoms with Crippen LogP contribution >= 0.6 is 7.82 Å². The van der Waals surface area contributed by atoms with Gasteiger partial charge in [0.25, 0.3) is 0 Å². The fourth-order valence-corrected chi connectivity index (χ4v) is 9.33. The highest BCUT2D eigenvalue weighted by Gasteiger charge is 2.27. The van der Waals surface area contributed by atoms with Crippen molar-refractivity contribution in [2.24, 2.45) is 0 Å². The first-order valence-corrected chi connectivity index (χ1v) is 32.0. The first kappa shape index (κ1) is 70.7. The second kappa shape index (κ2) is 54.5. The molecule has 3 unspecified atom stereocenters. The number of aliphatic hydroxyl groups excluding tert-OH is 1. The van der Waals surface area contributed by atoms with E-state index in [0.29, 0.717) is 17.4 Å². The van der Waals surface area contributed by atoms with Crippen molar-refractivity contribution >= 4 is 13.7 Å². The van der Waals surface area contributed by atoms with Crippen molar-refractivity contribution in [3.05, 3.63) is 85.1 Å². The second-order valence-corrected chi connectivity index (χ2v) is 23.1. The molecule has 0 aromatic carbocycles. The van der Waals surface area contributed by atoms with Crippen LogP contribution in [0.4, 0.5) is 0 Å². The molecule has 0 bridgehead atoms. The predicted molar refractivity (Wildman–Crippen MR) is 318 cm³/mol. The van der Waals surface area contributed by atoms with Crippen LogP contribution in [-0.2, 0) is 18.4 Å². The average molecular weight is 1040 g/mol. The molecule has 0 saturated heterocycles. The van der Waals surface area contributed by atoms with Crippen molar-refractivity contribution in [1.82, 2.24) is 5.32 Å². The number of quaternary nitrogens is 1. The second-order valence-electron chi connectivity index (χ2n) is 21.7. The lowest BCUT2D eigenvalue weighted by molar-refractivity contribution is -0.870. The number of carbonyl (C=O) groups is 1. The molecule has 0 saturated carbocycles. The zero-order chi connectivity index (χ0) is 53.5. The summed E-state index contributed by atoms with van der Waals surface area (Å²) in [6.07, 6.45) is 77.0. The third kappa shape index (κ3) is 57.2. The Morgan fingerprint density at radius 1 is 0.479 bits per heavy atom. The maximum atomic E-state index is 13.0. The molecule has 0 spiro atoms. The molecule has 0 aliphatic rings. The highest BCUT2D eigenvalue weighted by Crippen LogP contribution is 2.43. The summed E-state index contributed by atoms with van der Waals surface area (Å²) >= 11 is 0. The number of hydrogen-bond acceptors (Lipinski definition) is 5. The van der Waals surface area contributed by atoms with Crippen molar-refractivity contribution in [2.45, 2.75) is 276 Å². The number of nitrogens with zero attached hydrogens (tertiary/aromatic N) is 1. The standard InChI is InChI=1S/C64H117N2O6P/c1-6-8-10-12-14-16-18-20-22-24-26-28-30-32-33-34-36-38-40-42-44-46-48-50-52-54-56-58-64(68)65-62(61-72-73(69,70)71-60-59-66(3,4)5)63(67)57-55-53-51-49-47-45-43-41-39-37-35-31-29-27-25-23-21-19-17-15-13-11-9-7-2/h8,10,14,16,20,22,26,28,39,41,47,49,55,57,62-63,67H,6-7,9,11-13,15,17-19,21,23-25,27,29-38,40,42-46,48,50-54,56,58-61H2,1-5H3,(H-,65,68,69,70)/p+1/b10-8-,16-14-,22-20-,28-26-,41-39+,49-47+,57-55+. The third-order valence-electron chi connectivity index (χ3n) is 13.3. The van der Waals surface area contributed by atoms with Gasteiger partial charge in [0.15, 0.2) is 0 Å². The molecule has 0 rings (SSSR count). The SMILES string of the molecule is CC/C=C\C/C=C\C/C=C\C/C=C\CCCCCCCCCCCCCCCCC(=O)NC(COP(=O)(O)OCC[N+](C)(C)C)C(O)/C=C/CC/C=C/CC/C=C/CCCCCCCCCCCCCCCC. The van der Waals surface area contributed by atoms with Gasteiger partial charge in [-0.2, -0.15) is 0 Å². The van der Waals surface area contributed by atoms with E-state index in [1.54, 1.807) is 6.08 Å². The van der Waals surface area contributed by atoms with Crippen LogP contribution in [0.5, 0.6) is 0 Å². The minimum atomic E-state index is -4.37. The molecule has 0 heterocycles. The van der Waals surface area contributed by atoms with Gasteiger partial charge in [-0.1, -0.05) is 259 Å². The monoisotopic (exact) mass is 1040 g/mol. The van der Waals surface area contributed by atoms with Crippen LogP contribution < -0.4 is 5.32 Å². The van der Waals surface area contributed by atoms with E-state index in [0.717, 1.165) is 70.6 Å². The fraction of sp³-hybridized carbons (Fsp3) is 0.766. The normalized spacial score (nSPS) is 14.5. The zero-order valence-corrected chi connectivity index (χ0v) is 49.3. The molecule has 8 nitrogen and oxygen atoms in total. The van der Waals surface area contributed by atoms with Crippen molar-refractivity contribution in [3.8, 4) is 0 Å². The van der Waals surface area contributed by atoms with E-state index in [9.17, 15) is 19.4 Å². The van der Waals surface area contributed by atoms with Gasteiger partial charge in [0.05, 0.1) is 39.9 Å². The molecule has 0 aromatic rings. The van der Waals surface area contributed by atoms with Crippen molar-refractivity contribution < 1.29 is 32.9 Å². The van der Waals surface area contributed by atoms with Crippen molar-refractivity contribution in [2.75, 3.05) is 40.9 Å². The maximum absolute atomic E-state index is 13.0. The number of unbranched alkanes of at least 4 members (excludes halogenated alkanes) is 30. The molecule has 3 atom stereocenters. The van der Waals surface area contributed by atoms with Gasteiger partial charge in [-0.05, 0) is 83.5 Å². The number of phosphoric ester groups is 1. The smallest absolute Gasteiger partial charge is 0.387 e. The number of aliphatic hydroxyl groups is 1. The van der Waals surface area contributed by atoms with E-state index in [4.69, 9.17) is 9.05 Å². The van der Waals surface area contributed by atoms with E-state index in [1.807, 2.05) is 27.2 Å². The van der Waals surface area contributed by atoms with Gasteiger partial charge in [-0.3, -0.25) is 13.8 Å². The minimum Gasteiger partial charge on any atom is -0.387 e. The Bertz CT molecular complexity index is 1460. The van der Waals surface area contributed by atoms with Crippen LogP contribution in [-0.4, -0.2) is 73.4 Å². The molecule has 0 aromatic heterocycles. The van der Waals surface area contributed by atoms with Crippen LogP contribution in [0.15, 0.2) is 85.1 Å². The molecule has 73 heavy (non-hydrogen) atoms. The van der Waals surface area contributed by atoms with Crippen LogP contribution in [0.2, 0.25) is 0 Å². The van der Waals surface area contributed by atoms with E-state index in [2.05, 4.69) is 92.1 Å². The van der Waals surface area contributed by atoms with Crippen LogP contribution in [0.3, 0.4) is 0 Å². The number of likely N-dealkylation sites (N-methyl/N-ethyl adjacent to an activating group) is 1. The summed E-state index contributed by atoms with van der Waals surface area (Å²) in [6, 6.07) is -0.875. The zero-order valence-electron chi connectivity index (χ0n) is 48.4. The largest absolute Gasteiger partial charge is 0.472 e. The van der Waals surface area contributed by atoms with Gasteiger partial charge in [0.1, 0.15) is 13.2 Å². The Labute approximate surface area is 452 Å². The quantitative estimate of drug-likeness (QED) is 0.0243. The summed E-state index contributed by atoms with van der Waals surface area (Å²) in [5.41, 5.74) is 0. The molecule has 1 amide bonds. The van der Waals surface area contributed by atoms with Gasteiger partial charge in [-0.25, -0.2) is 4.57 Å². The topological polar surface area (TPSA) is 105 Å². The Morgan fingerprint density at radius 3 is 1.26 bits per heavy atom. The Balaban J connectivity index is 4.24. The summed E-state index contributed by atoms with van der Waals surface area (Å²) in [4.78, 5) is 23.3. The highest BCUT2D eigenvalue weighted by molar-refractivity contribution is 7.47. The number of nitrogens with one attached hydrogen (secondary N) is 1. The third-order valence-corrected chi connectivity index (χ3v) is 14.3. The van der Waals surface area contributed by atoms with Crippen LogP contribution in [0.1, 0.15) is 264 Å². The van der Waals surface area contributed by atoms with E-state index < -0.39 is 20.0 Å². The number of allylic oxidation sites excluding steroid dienone is 13. The van der Waals surface area contributed by atoms with Gasteiger partial charge >= 0.3 is 7.82 Å². The Kier molecular flexibility index (Phi) is 52.7. The summed E-state index contributed by atoms with van der Waals surface area (Å²) < 4.78 is 23.7. The Hall–Kier alpha value is -2.32. The first-order valence-electron chi connectivity index (χ1n) is 30.5. The molecule has 9 heteroatoms. The number of phosphoric acid groups is 1. The summed E-state index contributed by atoms with van der Waals surface area (Å²) in [5.74, 6) is -0.192. The summed E-state index contributed by atoms with van der Waals surface area (Å²) in [6.45, 7) is 4.69. The van der Waals surface area contributed by atoms with Gasteiger partial charge in [0, 0.05) is 6.42 Å². The van der Waals surface area contributed by atoms with Crippen molar-refractivity contribution in [3.63, 3.8) is 0 Å². The lowest BCUT2D eigenvalue weighted by Crippen LogP contribution is -2.45. The van der Waals surface area contributed by atoms with E-state index in [1.165, 1.54) is 173 Å².